The van der Waals surface area contributed by atoms with Crippen LogP contribution in [0.2, 0.25) is 0 Å². The van der Waals surface area contributed by atoms with Crippen molar-refractivity contribution < 1.29 is 48.3 Å². The Morgan fingerprint density at radius 2 is 1.16 bits per heavy atom. The molecule has 4 heteroatoms. The number of benzene rings is 3. The Labute approximate surface area is 173 Å². The largest absolute Gasteiger partial charge is 1.00 e. The SMILES string of the molecule is C1=C[CH]([Zr+2][N](c2ccccc2)c2ccccc2)c2ccccc21.[Cl-].[Cl-]. The first-order valence-electron chi connectivity index (χ1n) is 7.85. The van der Waals surface area contributed by atoms with Crippen molar-refractivity contribution in [2.75, 3.05) is 2.84 Å². The van der Waals surface area contributed by atoms with Gasteiger partial charge in [-0.15, -0.1) is 0 Å². The Kier molecular flexibility index (Phi) is 7.50. The van der Waals surface area contributed by atoms with E-state index >= 15 is 0 Å². The van der Waals surface area contributed by atoms with Gasteiger partial charge in [0.05, 0.1) is 0 Å². The fourth-order valence-electron chi connectivity index (χ4n) is 2.95. The second kappa shape index (κ2) is 9.39. The maximum atomic E-state index is 2.57. The van der Waals surface area contributed by atoms with Gasteiger partial charge in [0.15, 0.2) is 0 Å². The summed E-state index contributed by atoms with van der Waals surface area (Å²) in [6.45, 7) is 0. The van der Waals surface area contributed by atoms with E-state index < -0.39 is 23.5 Å². The summed E-state index contributed by atoms with van der Waals surface area (Å²) in [5.74, 6) is 0. The van der Waals surface area contributed by atoms with Crippen LogP contribution in [0.5, 0.6) is 0 Å². The monoisotopic (exact) mass is 443 g/mol. The molecule has 3 aromatic carbocycles. The van der Waals surface area contributed by atoms with Gasteiger partial charge in [-0.1, -0.05) is 0 Å². The molecule has 25 heavy (non-hydrogen) atoms. The summed E-state index contributed by atoms with van der Waals surface area (Å²) >= 11 is -0.894. The molecule has 124 valence electrons. The molecule has 0 saturated carbocycles. The summed E-state index contributed by atoms with van der Waals surface area (Å²) < 4.78 is 3.16. The minimum atomic E-state index is -0.894. The molecule has 1 aliphatic rings. The number of fused-ring (bicyclic) bond motifs is 1. The fraction of sp³-hybridized carbons (Fsp3) is 0.0476. The van der Waals surface area contributed by atoms with Gasteiger partial charge in [-0.25, -0.2) is 0 Å². The molecule has 0 spiro atoms. The van der Waals surface area contributed by atoms with Crippen LogP contribution in [0.4, 0.5) is 11.4 Å². The van der Waals surface area contributed by atoms with Crippen LogP contribution in [0.25, 0.3) is 6.08 Å². The van der Waals surface area contributed by atoms with Crippen LogP contribution in [0, 0.1) is 0 Å². The summed E-state index contributed by atoms with van der Waals surface area (Å²) in [7, 11) is 0. The summed E-state index contributed by atoms with van der Waals surface area (Å²) in [4.78, 5) is 0. The molecule has 1 nitrogen and oxygen atoms in total. The molecular formula is C21H17Cl2NZr. The first-order valence-corrected chi connectivity index (χ1v) is 10.4. The zero-order valence-corrected chi connectivity index (χ0v) is 17.5. The smallest absolute Gasteiger partial charge is 1.00 e. The van der Waals surface area contributed by atoms with Crippen molar-refractivity contribution in [1.29, 1.82) is 0 Å². The third-order valence-electron chi connectivity index (χ3n) is 4.10. The van der Waals surface area contributed by atoms with Crippen molar-refractivity contribution in [2.24, 2.45) is 0 Å². The van der Waals surface area contributed by atoms with Crippen LogP contribution in [0.15, 0.2) is 91.0 Å². The number of allylic oxidation sites excluding steroid dienone is 1. The van der Waals surface area contributed by atoms with E-state index in [0.29, 0.717) is 3.63 Å². The van der Waals surface area contributed by atoms with E-state index in [2.05, 4.69) is 99.9 Å². The van der Waals surface area contributed by atoms with Gasteiger partial charge in [0.25, 0.3) is 0 Å². The van der Waals surface area contributed by atoms with Crippen LogP contribution in [-0.2, 0) is 23.5 Å². The molecular weight excluding hydrogens is 428 g/mol. The van der Waals surface area contributed by atoms with Gasteiger partial charge in [-0.3, -0.25) is 0 Å². The summed E-state index contributed by atoms with van der Waals surface area (Å²) in [6.07, 6.45) is 4.69. The molecule has 0 N–H and O–H groups in total. The molecule has 0 fully saturated rings. The summed E-state index contributed by atoms with van der Waals surface area (Å²) in [6, 6.07) is 30.4. The number of hydrogen-bond donors (Lipinski definition) is 0. The first kappa shape index (κ1) is 20.0. The minimum Gasteiger partial charge on any atom is -1.00 e. The fourth-order valence-corrected chi connectivity index (χ4v) is 6.54. The normalized spacial score (nSPS) is 13.8. The Bertz CT molecular complexity index is 782. The second-order valence-corrected chi connectivity index (χ2v) is 8.86. The van der Waals surface area contributed by atoms with E-state index in [-0.39, 0.29) is 24.8 Å². The Morgan fingerprint density at radius 1 is 0.640 bits per heavy atom. The van der Waals surface area contributed by atoms with Crippen LogP contribution in [0.1, 0.15) is 14.8 Å². The zero-order valence-electron chi connectivity index (χ0n) is 13.5. The first-order chi connectivity index (χ1) is 11.4. The molecule has 0 aliphatic heterocycles. The maximum Gasteiger partial charge on any atom is -1.00 e. The summed E-state index contributed by atoms with van der Waals surface area (Å²) in [5.41, 5.74) is 5.50. The van der Waals surface area contributed by atoms with Crippen LogP contribution in [0.3, 0.4) is 0 Å². The standard InChI is InChI=1S/C12H10N.C9H7.2ClH.Zr/c1-3-7-11(8-4-1)13-12-9-5-2-6-10-12;1-2-5-9-7-3-6-8(9)4-1;;;/h1-10H;1-7H;2*1H;/q-1;;;;+3/p-2. The zero-order chi connectivity index (χ0) is 15.5. The van der Waals surface area contributed by atoms with Crippen molar-refractivity contribution in [2.45, 2.75) is 3.63 Å². The van der Waals surface area contributed by atoms with Crippen LogP contribution >= 0.6 is 0 Å². The quantitative estimate of drug-likeness (QED) is 0.529. The van der Waals surface area contributed by atoms with Crippen molar-refractivity contribution in [3.8, 4) is 0 Å². The molecule has 0 aromatic heterocycles. The third kappa shape index (κ3) is 4.44. The van der Waals surface area contributed by atoms with Crippen molar-refractivity contribution >= 4 is 17.5 Å². The van der Waals surface area contributed by atoms with Gasteiger partial charge >= 0.3 is 150 Å². The maximum absolute atomic E-state index is 2.57. The Morgan fingerprint density at radius 3 is 1.76 bits per heavy atom. The molecule has 0 radical (unpaired) electrons. The molecule has 1 atom stereocenters. The number of para-hydroxylation sites is 2. The molecule has 3 aromatic rings. The van der Waals surface area contributed by atoms with Gasteiger partial charge < -0.3 is 24.8 Å². The molecule has 1 unspecified atom stereocenters. The van der Waals surface area contributed by atoms with Gasteiger partial charge in [0.1, 0.15) is 0 Å². The molecule has 4 rings (SSSR count). The van der Waals surface area contributed by atoms with E-state index in [9.17, 15) is 0 Å². The molecule has 0 heterocycles. The average Bonchev–Trinajstić information content (AvgIpc) is 3.04. The van der Waals surface area contributed by atoms with Crippen molar-refractivity contribution in [3.05, 3.63) is 102 Å². The van der Waals surface area contributed by atoms with Gasteiger partial charge in [0, 0.05) is 0 Å². The number of hydrogen-bond acceptors (Lipinski definition) is 1. The molecule has 0 saturated heterocycles. The van der Waals surface area contributed by atoms with Gasteiger partial charge in [-0.05, 0) is 0 Å². The summed E-state index contributed by atoms with van der Waals surface area (Å²) in [5, 5.41) is 0. The predicted octanol–water partition coefficient (Wildman–Crippen LogP) is -0.402. The second-order valence-electron chi connectivity index (χ2n) is 5.60. The molecule has 0 amide bonds. The number of nitrogens with zero attached hydrogens (tertiary/aromatic N) is 1. The van der Waals surface area contributed by atoms with E-state index in [1.807, 2.05) is 0 Å². The topological polar surface area (TPSA) is 3.24 Å². The van der Waals surface area contributed by atoms with Crippen molar-refractivity contribution in [1.82, 2.24) is 0 Å². The van der Waals surface area contributed by atoms with Crippen LogP contribution in [-0.4, -0.2) is 0 Å². The third-order valence-corrected chi connectivity index (χ3v) is 7.92. The minimum absolute atomic E-state index is 0. The average molecular weight is 446 g/mol. The molecule has 1 aliphatic carbocycles. The Hall–Kier alpha value is -1.34. The van der Waals surface area contributed by atoms with Gasteiger partial charge in [0.2, 0.25) is 0 Å². The van der Waals surface area contributed by atoms with Crippen molar-refractivity contribution in [3.63, 3.8) is 0 Å². The van der Waals surface area contributed by atoms with E-state index in [4.69, 9.17) is 0 Å². The van der Waals surface area contributed by atoms with E-state index in [0.717, 1.165) is 0 Å². The predicted molar refractivity (Wildman–Crippen MR) is 93.2 cm³/mol. The van der Waals surface area contributed by atoms with E-state index in [1.54, 1.807) is 0 Å². The number of halogens is 2. The Balaban J connectivity index is 0.00000113. The van der Waals surface area contributed by atoms with Gasteiger partial charge in [-0.2, -0.15) is 0 Å². The number of rotatable bonds is 4. The van der Waals surface area contributed by atoms with E-state index in [1.165, 1.54) is 22.5 Å². The van der Waals surface area contributed by atoms with Crippen LogP contribution < -0.4 is 27.7 Å². The molecule has 0 bridgehead atoms. The number of anilines is 2.